The van der Waals surface area contributed by atoms with Crippen molar-refractivity contribution >= 4 is 63.6 Å². The molecule has 0 aliphatic heterocycles. The van der Waals surface area contributed by atoms with Crippen LogP contribution in [0, 0.1) is 0 Å². The van der Waals surface area contributed by atoms with Gasteiger partial charge in [-0.2, -0.15) is 10.2 Å². The van der Waals surface area contributed by atoms with Crippen LogP contribution in [-0.4, -0.2) is 24.7 Å². The van der Waals surface area contributed by atoms with Gasteiger partial charge in [-0.1, -0.05) is 59.1 Å². The van der Waals surface area contributed by atoms with Crippen molar-refractivity contribution < 1.29 is 0 Å². The topological polar surface area (TPSA) is 59.7 Å². The zero-order valence-corrected chi connectivity index (χ0v) is 19.2. The van der Waals surface area contributed by atoms with E-state index in [1.165, 1.54) is 0 Å². The van der Waals surface area contributed by atoms with Crippen LogP contribution in [0.5, 0.6) is 0 Å². The van der Waals surface area contributed by atoms with E-state index >= 15 is 0 Å². The van der Waals surface area contributed by atoms with Crippen molar-refractivity contribution in [1.29, 1.82) is 0 Å². The monoisotopic (exact) mass is 490 g/mol. The number of halogens is 3. The quantitative estimate of drug-likeness (QED) is 0.327. The normalized spacial score (nSPS) is 10.8. The van der Waals surface area contributed by atoms with Crippen molar-refractivity contribution in [3.63, 3.8) is 0 Å². The molecule has 2 N–H and O–H groups in total. The Kier molecular flexibility index (Phi) is 6.77. The van der Waals surface area contributed by atoms with E-state index in [2.05, 4.69) is 20.8 Å². The first-order chi connectivity index (χ1) is 15.0. The van der Waals surface area contributed by atoms with Crippen LogP contribution in [0.1, 0.15) is 11.1 Å². The molecule has 0 amide bonds. The van der Waals surface area contributed by atoms with E-state index in [4.69, 9.17) is 47.0 Å². The molecule has 0 bridgehead atoms. The Morgan fingerprint density at radius 1 is 0.903 bits per heavy atom. The van der Waals surface area contributed by atoms with Gasteiger partial charge in [0.25, 0.3) is 0 Å². The third kappa shape index (κ3) is 5.77. The highest BCUT2D eigenvalue weighted by molar-refractivity contribution is 7.80. The van der Waals surface area contributed by atoms with E-state index in [1.54, 1.807) is 21.6 Å². The summed E-state index contributed by atoms with van der Waals surface area (Å²) in [5, 5.41) is 17.2. The summed E-state index contributed by atoms with van der Waals surface area (Å²) in [4.78, 5) is 0. The molecule has 31 heavy (non-hydrogen) atoms. The molecule has 0 saturated carbocycles. The third-order valence-corrected chi connectivity index (χ3v) is 5.70. The number of rotatable bonds is 6. The van der Waals surface area contributed by atoms with E-state index < -0.39 is 0 Å². The first-order valence-corrected chi connectivity index (χ1v) is 10.8. The molecule has 0 radical (unpaired) electrons. The number of hydrogen-bond acceptors (Lipinski definition) is 3. The van der Waals surface area contributed by atoms with Crippen LogP contribution in [0.25, 0.3) is 0 Å². The summed E-state index contributed by atoms with van der Waals surface area (Å²) >= 11 is 23.6. The smallest absolute Gasteiger partial charge is 0.176 e. The second-order valence-electron chi connectivity index (χ2n) is 6.74. The Morgan fingerprint density at radius 3 is 2.55 bits per heavy atom. The fourth-order valence-corrected chi connectivity index (χ4v) is 3.67. The van der Waals surface area contributed by atoms with Crippen LogP contribution in [0.4, 0.5) is 11.5 Å². The van der Waals surface area contributed by atoms with E-state index in [-0.39, 0.29) is 0 Å². The van der Waals surface area contributed by atoms with Crippen molar-refractivity contribution in [2.45, 2.75) is 13.1 Å². The van der Waals surface area contributed by atoms with E-state index in [9.17, 15) is 0 Å². The molecule has 6 nitrogen and oxygen atoms in total. The van der Waals surface area contributed by atoms with Crippen molar-refractivity contribution in [2.75, 3.05) is 10.6 Å². The molecule has 0 aliphatic carbocycles. The zero-order chi connectivity index (χ0) is 21.8. The first kappa shape index (κ1) is 21.6. The molecule has 2 aromatic heterocycles. The van der Waals surface area contributed by atoms with Gasteiger partial charge >= 0.3 is 0 Å². The number of thiocarbonyl (C=S) groups is 1. The lowest BCUT2D eigenvalue weighted by Gasteiger charge is -2.07. The van der Waals surface area contributed by atoms with Gasteiger partial charge < -0.3 is 10.6 Å². The van der Waals surface area contributed by atoms with Crippen molar-refractivity contribution in [3.05, 3.63) is 93.3 Å². The molecule has 0 fully saturated rings. The number of anilines is 2. The van der Waals surface area contributed by atoms with Crippen molar-refractivity contribution in [1.82, 2.24) is 19.6 Å². The average molecular weight is 492 g/mol. The predicted octanol–water partition coefficient (Wildman–Crippen LogP) is 5.95. The van der Waals surface area contributed by atoms with Crippen LogP contribution in [0.2, 0.25) is 15.1 Å². The van der Waals surface area contributed by atoms with Gasteiger partial charge in [-0.3, -0.25) is 9.36 Å². The van der Waals surface area contributed by atoms with Gasteiger partial charge in [-0.15, -0.1) is 0 Å². The number of benzene rings is 2. The fourth-order valence-electron chi connectivity index (χ4n) is 2.94. The van der Waals surface area contributed by atoms with E-state index in [0.717, 1.165) is 16.8 Å². The Balaban J connectivity index is 1.33. The molecule has 0 aliphatic rings. The van der Waals surface area contributed by atoms with Crippen LogP contribution in [-0.2, 0) is 13.1 Å². The maximum atomic E-state index is 6.21. The standard InChI is InChI=1S/C21H17Cl3N6S/c22-17-4-2-1-3-15(17)12-30-13-16(10-25-30)26-21(31)27-20-7-8-29(28-20)11-14-5-6-18(23)19(24)9-14/h1-10,13H,11-12H2,(H2,26,27,28,31). The molecule has 4 aromatic rings. The molecule has 4 rings (SSSR count). The molecule has 0 saturated heterocycles. The SMILES string of the molecule is S=C(Nc1cnn(Cc2ccccc2Cl)c1)Nc1ccn(Cc2ccc(Cl)c(Cl)c2)n1. The highest BCUT2D eigenvalue weighted by atomic mass is 35.5. The zero-order valence-electron chi connectivity index (χ0n) is 16.1. The summed E-state index contributed by atoms with van der Waals surface area (Å²) in [5.41, 5.74) is 2.75. The lowest BCUT2D eigenvalue weighted by atomic mass is 10.2. The molecule has 0 spiro atoms. The summed E-state index contributed by atoms with van der Waals surface area (Å²) in [6, 6.07) is 15.0. The number of nitrogens with zero attached hydrogens (tertiary/aromatic N) is 4. The Morgan fingerprint density at radius 2 is 1.74 bits per heavy atom. The van der Waals surface area contributed by atoms with Crippen LogP contribution in [0.3, 0.4) is 0 Å². The molecular weight excluding hydrogens is 475 g/mol. The highest BCUT2D eigenvalue weighted by Crippen LogP contribution is 2.23. The van der Waals surface area contributed by atoms with Gasteiger partial charge in [0.1, 0.15) is 0 Å². The van der Waals surface area contributed by atoms with Crippen molar-refractivity contribution in [3.8, 4) is 0 Å². The second-order valence-corrected chi connectivity index (χ2v) is 8.37. The lowest BCUT2D eigenvalue weighted by molar-refractivity contribution is 0.687. The molecule has 2 aromatic carbocycles. The molecule has 10 heteroatoms. The Labute approximate surface area is 199 Å². The van der Waals surface area contributed by atoms with Gasteiger partial charge in [-0.25, -0.2) is 0 Å². The van der Waals surface area contributed by atoms with Gasteiger partial charge in [0, 0.05) is 23.5 Å². The van der Waals surface area contributed by atoms with E-state index in [1.807, 2.05) is 54.9 Å². The molecule has 0 unspecified atom stereocenters. The summed E-state index contributed by atoms with van der Waals surface area (Å²) < 4.78 is 3.57. The molecular formula is C21H17Cl3N6S. The van der Waals surface area contributed by atoms with Crippen LogP contribution in [0.15, 0.2) is 67.1 Å². The van der Waals surface area contributed by atoms with Gasteiger partial charge in [0.2, 0.25) is 0 Å². The number of hydrogen-bond donors (Lipinski definition) is 2. The third-order valence-electron chi connectivity index (χ3n) is 4.39. The predicted molar refractivity (Wildman–Crippen MR) is 130 cm³/mol. The molecule has 158 valence electrons. The minimum Gasteiger partial charge on any atom is -0.330 e. The van der Waals surface area contributed by atoms with Gasteiger partial charge in [0.05, 0.1) is 35.0 Å². The summed E-state index contributed by atoms with van der Waals surface area (Å²) in [5.74, 6) is 0.626. The fraction of sp³-hybridized carbons (Fsp3) is 0.0952. The summed E-state index contributed by atoms with van der Waals surface area (Å²) in [6.45, 7) is 1.13. The summed E-state index contributed by atoms with van der Waals surface area (Å²) in [7, 11) is 0. The number of aromatic nitrogens is 4. The maximum absolute atomic E-state index is 6.21. The number of nitrogens with one attached hydrogen (secondary N) is 2. The highest BCUT2D eigenvalue weighted by Gasteiger charge is 2.07. The minimum absolute atomic E-state index is 0.414. The molecule has 0 atom stereocenters. The van der Waals surface area contributed by atoms with E-state index in [0.29, 0.717) is 39.1 Å². The van der Waals surface area contributed by atoms with Crippen LogP contribution < -0.4 is 10.6 Å². The minimum atomic E-state index is 0.414. The Bertz CT molecular complexity index is 1220. The van der Waals surface area contributed by atoms with Crippen LogP contribution >= 0.6 is 47.0 Å². The van der Waals surface area contributed by atoms with Crippen molar-refractivity contribution in [2.24, 2.45) is 0 Å². The molecule has 2 heterocycles. The lowest BCUT2D eigenvalue weighted by Crippen LogP contribution is -2.19. The first-order valence-electron chi connectivity index (χ1n) is 9.27. The second kappa shape index (κ2) is 9.70. The summed E-state index contributed by atoms with van der Waals surface area (Å²) in [6.07, 6.45) is 5.42. The largest absolute Gasteiger partial charge is 0.330 e. The van der Waals surface area contributed by atoms with Gasteiger partial charge in [0.15, 0.2) is 10.9 Å². The van der Waals surface area contributed by atoms with Gasteiger partial charge in [-0.05, 0) is 41.5 Å². The maximum Gasteiger partial charge on any atom is 0.176 e. The average Bonchev–Trinajstić information content (AvgIpc) is 3.36. The Hall–Kier alpha value is -2.58.